The van der Waals surface area contributed by atoms with Crippen LogP contribution in [-0.4, -0.2) is 52.3 Å². The zero-order valence-electron chi connectivity index (χ0n) is 18.1. The van der Waals surface area contributed by atoms with Crippen molar-refractivity contribution < 1.29 is 14.0 Å². The highest BCUT2D eigenvalue weighted by Gasteiger charge is 2.35. The van der Waals surface area contributed by atoms with Gasteiger partial charge in [-0.3, -0.25) is 9.59 Å². The summed E-state index contributed by atoms with van der Waals surface area (Å²) in [4.78, 5) is 34.0. The molecule has 7 heteroatoms. The minimum atomic E-state index is -0.313. The van der Waals surface area contributed by atoms with Gasteiger partial charge in [-0.05, 0) is 56.6 Å². The number of hydrogen-bond donors (Lipinski definition) is 0. The first kappa shape index (κ1) is 21.9. The Hall–Kier alpha value is -2.28. The van der Waals surface area contributed by atoms with Gasteiger partial charge in [0.15, 0.2) is 0 Å². The number of aryl methyl sites for hydroxylation is 1. The molecule has 0 N–H and O–H groups in total. The maximum Gasteiger partial charge on any atom is 0.228 e. The van der Waals surface area contributed by atoms with Gasteiger partial charge in [-0.25, -0.2) is 9.37 Å². The van der Waals surface area contributed by atoms with Crippen LogP contribution >= 0.6 is 11.3 Å². The van der Waals surface area contributed by atoms with E-state index >= 15 is 0 Å². The van der Waals surface area contributed by atoms with Crippen LogP contribution in [0.2, 0.25) is 0 Å². The average molecular weight is 444 g/mol. The Morgan fingerprint density at radius 3 is 2.55 bits per heavy atom. The minimum absolute atomic E-state index is 0.0206. The molecule has 1 atom stereocenters. The molecule has 0 bridgehead atoms. The zero-order chi connectivity index (χ0) is 21.8. The SMILES string of the molecule is Cc1nc(CC(=O)N2CCC(C3CCCCN3C(=O)Cc3ccccc3F)CC2)cs1. The molecule has 2 amide bonds. The number of halogens is 1. The first-order valence-corrected chi connectivity index (χ1v) is 12.1. The van der Waals surface area contributed by atoms with Crippen molar-refractivity contribution in [2.75, 3.05) is 19.6 Å². The number of aromatic nitrogens is 1. The number of likely N-dealkylation sites (tertiary alicyclic amines) is 2. The number of amides is 2. The molecule has 166 valence electrons. The van der Waals surface area contributed by atoms with E-state index in [2.05, 4.69) is 4.98 Å². The highest BCUT2D eigenvalue weighted by molar-refractivity contribution is 7.09. The molecule has 2 aliphatic rings. The molecule has 0 radical (unpaired) electrons. The molecule has 31 heavy (non-hydrogen) atoms. The van der Waals surface area contributed by atoms with Crippen LogP contribution in [0.1, 0.15) is 48.4 Å². The number of piperidine rings is 2. The van der Waals surface area contributed by atoms with Crippen LogP contribution < -0.4 is 0 Å². The zero-order valence-corrected chi connectivity index (χ0v) is 18.9. The molecule has 2 saturated heterocycles. The highest BCUT2D eigenvalue weighted by Crippen LogP contribution is 2.31. The Kier molecular flexibility index (Phi) is 7.00. The number of hydrogen-bond acceptors (Lipinski definition) is 4. The number of rotatable bonds is 5. The van der Waals surface area contributed by atoms with E-state index in [0.29, 0.717) is 17.9 Å². The molecule has 2 fully saturated rings. The molecule has 1 unspecified atom stereocenters. The van der Waals surface area contributed by atoms with E-state index < -0.39 is 0 Å². The summed E-state index contributed by atoms with van der Waals surface area (Å²) in [7, 11) is 0. The van der Waals surface area contributed by atoms with Crippen molar-refractivity contribution in [3.05, 3.63) is 51.7 Å². The van der Waals surface area contributed by atoms with E-state index in [1.165, 1.54) is 6.07 Å². The molecule has 2 aliphatic heterocycles. The maximum absolute atomic E-state index is 14.0. The lowest BCUT2D eigenvalue weighted by Crippen LogP contribution is -2.51. The van der Waals surface area contributed by atoms with Crippen molar-refractivity contribution in [3.8, 4) is 0 Å². The van der Waals surface area contributed by atoms with Crippen molar-refractivity contribution in [1.29, 1.82) is 0 Å². The van der Waals surface area contributed by atoms with Gasteiger partial charge in [-0.2, -0.15) is 0 Å². The van der Waals surface area contributed by atoms with Gasteiger partial charge >= 0.3 is 0 Å². The average Bonchev–Trinajstić information content (AvgIpc) is 3.20. The summed E-state index contributed by atoms with van der Waals surface area (Å²) < 4.78 is 14.0. The molecule has 5 nitrogen and oxygen atoms in total. The van der Waals surface area contributed by atoms with Crippen LogP contribution in [0.25, 0.3) is 0 Å². The number of carbonyl (C=O) groups is 2. The van der Waals surface area contributed by atoms with Gasteiger partial charge in [0, 0.05) is 31.1 Å². The van der Waals surface area contributed by atoms with Crippen molar-refractivity contribution in [3.63, 3.8) is 0 Å². The number of carbonyl (C=O) groups excluding carboxylic acids is 2. The normalized spacial score (nSPS) is 20.1. The summed E-state index contributed by atoms with van der Waals surface area (Å²) >= 11 is 1.57. The smallest absolute Gasteiger partial charge is 0.228 e. The number of nitrogens with zero attached hydrogens (tertiary/aromatic N) is 3. The fourth-order valence-corrected chi connectivity index (χ4v) is 5.57. The second-order valence-electron chi connectivity index (χ2n) is 8.67. The third-order valence-corrected chi connectivity index (χ3v) is 7.43. The molecule has 0 saturated carbocycles. The Morgan fingerprint density at radius 2 is 1.84 bits per heavy atom. The Balaban J connectivity index is 1.34. The maximum atomic E-state index is 14.0. The third kappa shape index (κ3) is 5.32. The van der Waals surface area contributed by atoms with Crippen LogP contribution in [-0.2, 0) is 22.4 Å². The van der Waals surface area contributed by atoms with E-state index in [9.17, 15) is 14.0 Å². The standard InChI is InChI=1S/C24H30FN3O2S/c1-17-26-20(16-31-17)15-23(29)27-12-9-18(10-13-27)22-8-4-5-11-28(22)24(30)14-19-6-2-3-7-21(19)25/h2-3,6-7,16,18,22H,4-5,8-15H2,1H3. The summed E-state index contributed by atoms with van der Waals surface area (Å²) in [6, 6.07) is 6.73. The van der Waals surface area contributed by atoms with Gasteiger partial charge in [-0.1, -0.05) is 18.2 Å². The summed E-state index contributed by atoms with van der Waals surface area (Å²) in [6.45, 7) is 4.17. The van der Waals surface area contributed by atoms with E-state index in [0.717, 1.165) is 62.4 Å². The van der Waals surface area contributed by atoms with Crippen LogP contribution in [0.4, 0.5) is 4.39 Å². The molecular weight excluding hydrogens is 413 g/mol. The topological polar surface area (TPSA) is 53.5 Å². The molecule has 1 aromatic heterocycles. The minimum Gasteiger partial charge on any atom is -0.342 e. The lowest BCUT2D eigenvalue weighted by Gasteiger charge is -2.44. The quantitative estimate of drug-likeness (QED) is 0.702. The van der Waals surface area contributed by atoms with E-state index in [-0.39, 0.29) is 30.1 Å². The largest absolute Gasteiger partial charge is 0.342 e. The fourth-order valence-electron chi connectivity index (χ4n) is 4.95. The fraction of sp³-hybridized carbons (Fsp3) is 0.542. The Bertz CT molecular complexity index is 923. The molecular formula is C24H30FN3O2S. The molecule has 0 spiro atoms. The highest BCUT2D eigenvalue weighted by atomic mass is 32.1. The van der Waals surface area contributed by atoms with Gasteiger partial charge in [0.25, 0.3) is 0 Å². The van der Waals surface area contributed by atoms with Crippen molar-refractivity contribution >= 4 is 23.2 Å². The molecule has 4 rings (SSSR count). The first-order valence-electron chi connectivity index (χ1n) is 11.2. The Labute approximate surface area is 187 Å². The van der Waals surface area contributed by atoms with Crippen molar-refractivity contribution in [1.82, 2.24) is 14.8 Å². The van der Waals surface area contributed by atoms with Gasteiger partial charge in [0.1, 0.15) is 5.82 Å². The van der Waals surface area contributed by atoms with E-state index in [1.54, 1.807) is 29.5 Å². The predicted octanol–water partition coefficient (Wildman–Crippen LogP) is 4.00. The number of benzene rings is 1. The molecule has 2 aromatic rings. The molecule has 1 aromatic carbocycles. The Morgan fingerprint density at radius 1 is 1.06 bits per heavy atom. The second-order valence-corrected chi connectivity index (χ2v) is 9.73. The van der Waals surface area contributed by atoms with Gasteiger partial charge in [0.2, 0.25) is 11.8 Å². The number of thiazole rings is 1. The van der Waals surface area contributed by atoms with Crippen LogP contribution in [0, 0.1) is 18.7 Å². The summed E-state index contributed by atoms with van der Waals surface area (Å²) in [6.07, 6.45) is 5.44. The lowest BCUT2D eigenvalue weighted by atomic mass is 9.83. The van der Waals surface area contributed by atoms with Crippen molar-refractivity contribution in [2.45, 2.75) is 57.9 Å². The summed E-state index contributed by atoms with van der Waals surface area (Å²) in [5.74, 6) is 0.245. The monoisotopic (exact) mass is 443 g/mol. The lowest BCUT2D eigenvalue weighted by molar-refractivity contribution is -0.138. The van der Waals surface area contributed by atoms with Gasteiger partial charge < -0.3 is 9.80 Å². The third-order valence-electron chi connectivity index (χ3n) is 6.60. The predicted molar refractivity (Wildman–Crippen MR) is 119 cm³/mol. The van der Waals surface area contributed by atoms with Gasteiger partial charge in [0.05, 0.1) is 23.5 Å². The van der Waals surface area contributed by atoms with E-state index in [4.69, 9.17) is 0 Å². The molecule has 3 heterocycles. The van der Waals surface area contributed by atoms with Crippen LogP contribution in [0.3, 0.4) is 0 Å². The van der Waals surface area contributed by atoms with Crippen molar-refractivity contribution in [2.24, 2.45) is 5.92 Å². The van der Waals surface area contributed by atoms with E-state index in [1.807, 2.05) is 22.1 Å². The first-order chi connectivity index (χ1) is 15.0. The summed E-state index contributed by atoms with van der Waals surface area (Å²) in [5, 5.41) is 2.94. The van der Waals surface area contributed by atoms with Crippen LogP contribution in [0.5, 0.6) is 0 Å². The summed E-state index contributed by atoms with van der Waals surface area (Å²) in [5.41, 5.74) is 1.32. The van der Waals surface area contributed by atoms with Crippen LogP contribution in [0.15, 0.2) is 29.6 Å². The molecule has 0 aliphatic carbocycles. The van der Waals surface area contributed by atoms with Gasteiger partial charge in [-0.15, -0.1) is 11.3 Å². The second kappa shape index (κ2) is 9.90.